The number of hydrogen-bond donors (Lipinski definition) is 4. The Morgan fingerprint density at radius 2 is 1.68 bits per heavy atom. The van der Waals surface area contributed by atoms with Gasteiger partial charge in [-0.1, -0.05) is 6.92 Å². The van der Waals surface area contributed by atoms with Crippen molar-refractivity contribution in [1.82, 2.24) is 24.5 Å². The molecule has 0 amide bonds. The zero-order valence-corrected chi connectivity index (χ0v) is 21.4. The largest absolute Gasteiger partial charge is 0.481 e. The standard InChI is InChI=1S/C19H20F3N5.C6H8O7/c1-2-14-10-17(19(20,21)22)27-18(24-14)11-15(25-27)16-4-3-9-26(16)12-13-5-7-23-8-6-13;7-3(8)1-6(13,5(11)12)2-4(9)10/h5-8,10-11,16H,2-4,9,12H2,1H3;13H,1-2H2,(H,7,8)(H,9,10)(H,11,12). The lowest BCUT2D eigenvalue weighted by Crippen LogP contribution is -2.42. The van der Waals surface area contributed by atoms with Gasteiger partial charge in [-0.2, -0.15) is 18.3 Å². The van der Waals surface area contributed by atoms with E-state index in [4.69, 9.17) is 20.4 Å². The molecule has 0 bridgehead atoms. The molecular formula is C25H28F3N5O7. The number of likely N-dealkylation sites (tertiary alicyclic amines) is 1. The van der Waals surface area contributed by atoms with Gasteiger partial charge in [0.25, 0.3) is 0 Å². The first-order chi connectivity index (χ1) is 18.7. The molecule has 0 aliphatic carbocycles. The van der Waals surface area contributed by atoms with E-state index in [2.05, 4.69) is 20.0 Å². The molecule has 1 saturated heterocycles. The summed E-state index contributed by atoms with van der Waals surface area (Å²) < 4.78 is 41.4. The van der Waals surface area contributed by atoms with E-state index in [1.54, 1.807) is 25.4 Å². The molecule has 0 aromatic carbocycles. The number of alkyl halides is 3. The number of hydrogen-bond acceptors (Lipinski definition) is 8. The zero-order valence-electron chi connectivity index (χ0n) is 21.4. The first-order valence-electron chi connectivity index (χ1n) is 12.2. The van der Waals surface area contributed by atoms with Gasteiger partial charge in [0.05, 0.1) is 24.6 Å². The van der Waals surface area contributed by atoms with E-state index in [9.17, 15) is 27.6 Å². The maximum absolute atomic E-state index is 13.5. The highest BCUT2D eigenvalue weighted by atomic mass is 19.4. The van der Waals surface area contributed by atoms with E-state index in [1.165, 1.54) is 0 Å². The fraction of sp³-hybridized carbons (Fsp3) is 0.440. The molecule has 1 unspecified atom stereocenters. The van der Waals surface area contributed by atoms with Gasteiger partial charge in [-0.05, 0) is 49.6 Å². The van der Waals surface area contributed by atoms with Crippen molar-refractivity contribution in [2.75, 3.05) is 6.54 Å². The number of carboxylic acids is 3. The summed E-state index contributed by atoms with van der Waals surface area (Å²) in [5, 5.41) is 38.1. The summed E-state index contributed by atoms with van der Waals surface area (Å²) >= 11 is 0. The van der Waals surface area contributed by atoms with Gasteiger partial charge < -0.3 is 20.4 Å². The van der Waals surface area contributed by atoms with Crippen molar-refractivity contribution in [2.45, 2.75) is 63.4 Å². The Bertz CT molecular complexity index is 1350. The van der Waals surface area contributed by atoms with Crippen molar-refractivity contribution < 1.29 is 48.0 Å². The number of rotatable bonds is 9. The van der Waals surface area contributed by atoms with E-state index in [-0.39, 0.29) is 11.7 Å². The smallest absolute Gasteiger partial charge is 0.433 e. The molecule has 3 aromatic heterocycles. The van der Waals surface area contributed by atoms with Gasteiger partial charge in [0.1, 0.15) is 5.69 Å². The van der Waals surface area contributed by atoms with Crippen LogP contribution in [0, 0.1) is 0 Å². The van der Waals surface area contributed by atoms with Crippen molar-refractivity contribution in [3.05, 3.63) is 59.3 Å². The third-order valence-corrected chi connectivity index (χ3v) is 6.28. The molecule has 4 heterocycles. The average Bonchev–Trinajstić information content (AvgIpc) is 3.49. The molecule has 1 aliphatic rings. The first kappa shape index (κ1) is 30.4. The van der Waals surface area contributed by atoms with E-state index in [1.807, 2.05) is 12.1 Å². The predicted octanol–water partition coefficient (Wildman–Crippen LogP) is 2.79. The van der Waals surface area contributed by atoms with Gasteiger partial charge in [-0.15, -0.1) is 0 Å². The van der Waals surface area contributed by atoms with Crippen LogP contribution in [0.1, 0.15) is 61.3 Å². The van der Waals surface area contributed by atoms with Gasteiger partial charge in [-0.3, -0.25) is 19.5 Å². The number of carboxylic acid groups (broad SMARTS) is 3. The summed E-state index contributed by atoms with van der Waals surface area (Å²) in [5.74, 6) is -5.02. The number of pyridine rings is 1. The molecule has 40 heavy (non-hydrogen) atoms. The molecule has 1 fully saturated rings. The molecule has 1 atom stereocenters. The van der Waals surface area contributed by atoms with Crippen LogP contribution in [0.25, 0.3) is 5.65 Å². The van der Waals surface area contributed by atoms with Crippen LogP contribution in [0.2, 0.25) is 0 Å². The summed E-state index contributed by atoms with van der Waals surface area (Å²) in [7, 11) is 0. The number of aliphatic carboxylic acids is 3. The summed E-state index contributed by atoms with van der Waals surface area (Å²) in [5.41, 5.74) is -1.06. The molecule has 15 heteroatoms. The second-order valence-corrected chi connectivity index (χ2v) is 9.28. The fourth-order valence-corrected chi connectivity index (χ4v) is 4.38. The van der Waals surface area contributed by atoms with Crippen LogP contribution in [-0.4, -0.2) is 75.0 Å². The first-order valence-corrected chi connectivity index (χ1v) is 12.2. The predicted molar refractivity (Wildman–Crippen MR) is 131 cm³/mol. The van der Waals surface area contributed by atoms with Gasteiger partial charge in [-0.25, -0.2) is 14.3 Å². The highest BCUT2D eigenvalue weighted by Gasteiger charge is 2.41. The second kappa shape index (κ2) is 12.4. The molecule has 4 rings (SSSR count). The van der Waals surface area contributed by atoms with Gasteiger partial charge >= 0.3 is 24.1 Å². The van der Waals surface area contributed by atoms with Crippen LogP contribution in [0.4, 0.5) is 13.2 Å². The number of carbonyl (C=O) groups is 3. The number of fused-ring (bicyclic) bond motifs is 1. The van der Waals surface area contributed by atoms with Crippen molar-refractivity contribution in [3.63, 3.8) is 0 Å². The zero-order chi connectivity index (χ0) is 29.7. The lowest BCUT2D eigenvalue weighted by molar-refractivity contribution is -0.170. The third kappa shape index (κ3) is 7.51. The second-order valence-electron chi connectivity index (χ2n) is 9.28. The SMILES string of the molecule is CCc1cc(C(F)(F)F)n2nc(C3CCCN3Cc3ccncc3)cc2n1.O=C(O)CC(O)(CC(=O)O)C(=O)O. The molecule has 216 valence electrons. The summed E-state index contributed by atoms with van der Waals surface area (Å²) in [4.78, 5) is 41.1. The van der Waals surface area contributed by atoms with Crippen LogP contribution in [0.3, 0.4) is 0 Å². The number of nitrogens with zero attached hydrogens (tertiary/aromatic N) is 5. The van der Waals surface area contributed by atoms with Crippen molar-refractivity contribution in [2.24, 2.45) is 0 Å². The minimum atomic E-state index is -4.47. The van der Waals surface area contributed by atoms with Gasteiger partial charge in [0, 0.05) is 30.7 Å². The Kier molecular flexibility index (Phi) is 9.42. The molecular weight excluding hydrogens is 539 g/mol. The minimum absolute atomic E-state index is 0.00831. The third-order valence-electron chi connectivity index (χ3n) is 6.28. The van der Waals surface area contributed by atoms with Crippen LogP contribution < -0.4 is 0 Å². The molecule has 12 nitrogen and oxygen atoms in total. The molecule has 1 aliphatic heterocycles. The molecule has 0 spiro atoms. The highest BCUT2D eigenvalue weighted by molar-refractivity contribution is 5.88. The monoisotopic (exact) mass is 567 g/mol. The van der Waals surface area contributed by atoms with Crippen LogP contribution >= 0.6 is 0 Å². The minimum Gasteiger partial charge on any atom is -0.481 e. The lowest BCUT2D eigenvalue weighted by Gasteiger charge is -2.22. The lowest BCUT2D eigenvalue weighted by atomic mass is 9.96. The Morgan fingerprint density at radius 3 is 2.20 bits per heavy atom. The number of aliphatic hydroxyl groups is 1. The van der Waals surface area contributed by atoms with E-state index in [0.717, 1.165) is 42.1 Å². The van der Waals surface area contributed by atoms with Crippen LogP contribution in [0.15, 0.2) is 36.7 Å². The Morgan fingerprint density at radius 1 is 1.05 bits per heavy atom. The van der Waals surface area contributed by atoms with Gasteiger partial charge in [0.15, 0.2) is 11.2 Å². The maximum atomic E-state index is 13.5. The van der Waals surface area contributed by atoms with Crippen molar-refractivity contribution >= 4 is 23.6 Å². The molecule has 0 radical (unpaired) electrons. The van der Waals surface area contributed by atoms with Crippen LogP contribution in [-0.2, 0) is 33.5 Å². The van der Waals surface area contributed by atoms with E-state index >= 15 is 0 Å². The van der Waals surface area contributed by atoms with Crippen molar-refractivity contribution in [3.8, 4) is 0 Å². The molecule has 4 N–H and O–H groups in total. The normalized spacial score (nSPS) is 16.0. The highest BCUT2D eigenvalue weighted by Crippen LogP contribution is 2.35. The number of aromatic nitrogens is 4. The molecule has 3 aromatic rings. The Balaban J connectivity index is 0.000000289. The number of halogens is 3. The number of aryl methyl sites for hydroxylation is 1. The molecule has 0 saturated carbocycles. The summed E-state index contributed by atoms with van der Waals surface area (Å²) in [6.45, 7) is 3.41. The van der Waals surface area contributed by atoms with E-state index in [0.29, 0.717) is 17.8 Å². The quantitative estimate of drug-likeness (QED) is 0.299. The topological polar surface area (TPSA) is 178 Å². The van der Waals surface area contributed by atoms with Crippen LogP contribution in [0.5, 0.6) is 0 Å². The van der Waals surface area contributed by atoms with E-state index < -0.39 is 48.2 Å². The van der Waals surface area contributed by atoms with Gasteiger partial charge in [0.2, 0.25) is 0 Å². The Labute approximate surface area is 225 Å². The summed E-state index contributed by atoms with van der Waals surface area (Å²) in [6.07, 6.45) is -0.962. The average molecular weight is 568 g/mol. The Hall–Kier alpha value is -4.11. The maximum Gasteiger partial charge on any atom is 0.433 e. The fourth-order valence-electron chi connectivity index (χ4n) is 4.38. The summed E-state index contributed by atoms with van der Waals surface area (Å²) in [6, 6.07) is 6.69. The van der Waals surface area contributed by atoms with Crippen molar-refractivity contribution in [1.29, 1.82) is 0 Å².